The van der Waals surface area contributed by atoms with Crippen molar-refractivity contribution in [2.24, 2.45) is 0 Å². The summed E-state index contributed by atoms with van der Waals surface area (Å²) in [4.78, 5) is 25.2. The Balaban J connectivity index is 4.17. The molecule has 0 rings (SSSR count). The quantitative estimate of drug-likeness (QED) is 0.0355. The number of carbonyl (C=O) groups is 2. The summed E-state index contributed by atoms with van der Waals surface area (Å²) in [5.74, 6) is -0.393. The number of carbonyl (C=O) groups excluding carboxylic acids is 2. The topological polar surface area (TPSA) is 61.8 Å². The summed E-state index contributed by atoms with van der Waals surface area (Å²) in [6.07, 6.45) is 47.8. The van der Waals surface area contributed by atoms with Gasteiger partial charge in [0.15, 0.2) is 6.10 Å². The van der Waals surface area contributed by atoms with E-state index in [1.54, 1.807) is 0 Å². The van der Waals surface area contributed by atoms with Crippen LogP contribution in [0.4, 0.5) is 0 Å². The molecule has 1 unspecified atom stereocenters. The number of esters is 2. The molecule has 0 saturated carbocycles. The second-order valence-corrected chi connectivity index (χ2v) is 15.7. The molecular formula is C47H90O5. The lowest BCUT2D eigenvalue weighted by Gasteiger charge is -2.18. The molecule has 0 fully saturated rings. The molecule has 0 aromatic rings. The van der Waals surface area contributed by atoms with Gasteiger partial charge in [0.05, 0.1) is 6.61 Å². The number of ether oxygens (including phenoxy) is 3. The maximum Gasteiger partial charge on any atom is 0.306 e. The van der Waals surface area contributed by atoms with E-state index >= 15 is 0 Å². The highest BCUT2D eigenvalue weighted by Gasteiger charge is 2.17. The van der Waals surface area contributed by atoms with Crippen molar-refractivity contribution in [2.45, 2.75) is 258 Å². The monoisotopic (exact) mass is 735 g/mol. The molecule has 5 nitrogen and oxygen atoms in total. The van der Waals surface area contributed by atoms with E-state index in [0.717, 1.165) is 44.9 Å². The molecule has 0 amide bonds. The Bertz CT molecular complexity index is 750. The zero-order chi connectivity index (χ0) is 37.8. The van der Waals surface area contributed by atoms with Crippen LogP contribution in [-0.4, -0.2) is 37.9 Å². The Morgan fingerprint density at radius 3 is 1.23 bits per heavy atom. The fourth-order valence-corrected chi connectivity index (χ4v) is 6.79. The van der Waals surface area contributed by atoms with Gasteiger partial charge in [-0.05, 0) is 38.5 Å². The third-order valence-electron chi connectivity index (χ3n) is 10.3. The normalized spacial score (nSPS) is 12.1. The molecular weight excluding hydrogens is 645 g/mol. The van der Waals surface area contributed by atoms with Gasteiger partial charge in [0.25, 0.3) is 0 Å². The van der Waals surface area contributed by atoms with Gasteiger partial charge in [0, 0.05) is 19.4 Å². The maximum atomic E-state index is 12.7. The van der Waals surface area contributed by atoms with Crippen LogP contribution in [-0.2, 0) is 23.8 Å². The molecule has 1 atom stereocenters. The SMILES string of the molecule is CCCC/C=C\CCCCCCCC(=O)OC(COCCCCCCCCCCCC)COC(=O)CCCCCCCCCCCCCCCCC. The van der Waals surface area contributed by atoms with Crippen molar-refractivity contribution in [1.82, 2.24) is 0 Å². The second kappa shape index (κ2) is 44.0. The number of unbranched alkanes of at least 4 members (excludes halogenated alkanes) is 30. The average Bonchev–Trinajstić information content (AvgIpc) is 3.14. The Morgan fingerprint density at radius 1 is 0.404 bits per heavy atom. The van der Waals surface area contributed by atoms with E-state index in [0.29, 0.717) is 26.1 Å². The molecule has 0 spiro atoms. The van der Waals surface area contributed by atoms with Crippen LogP contribution in [0.5, 0.6) is 0 Å². The minimum absolute atomic E-state index is 0.0904. The van der Waals surface area contributed by atoms with E-state index in [1.165, 1.54) is 173 Å². The van der Waals surface area contributed by atoms with Crippen molar-refractivity contribution in [3.05, 3.63) is 12.2 Å². The summed E-state index contributed by atoms with van der Waals surface area (Å²) in [6.45, 7) is 7.82. The first-order chi connectivity index (χ1) is 25.6. The third-order valence-corrected chi connectivity index (χ3v) is 10.3. The van der Waals surface area contributed by atoms with E-state index in [1.807, 2.05) is 0 Å². The van der Waals surface area contributed by atoms with Gasteiger partial charge in [-0.25, -0.2) is 0 Å². The van der Waals surface area contributed by atoms with Crippen LogP contribution in [0, 0.1) is 0 Å². The third kappa shape index (κ3) is 41.4. The average molecular weight is 735 g/mol. The fraction of sp³-hybridized carbons (Fsp3) is 0.915. The predicted molar refractivity (Wildman–Crippen MR) is 224 cm³/mol. The van der Waals surface area contributed by atoms with Crippen LogP contribution in [0.15, 0.2) is 12.2 Å². The van der Waals surface area contributed by atoms with Crippen LogP contribution in [0.3, 0.4) is 0 Å². The zero-order valence-electron chi connectivity index (χ0n) is 35.4. The Hall–Kier alpha value is -1.36. The summed E-state index contributed by atoms with van der Waals surface area (Å²) < 4.78 is 17.3. The number of allylic oxidation sites excluding steroid dienone is 2. The highest BCUT2D eigenvalue weighted by Crippen LogP contribution is 2.15. The van der Waals surface area contributed by atoms with Crippen molar-refractivity contribution in [1.29, 1.82) is 0 Å². The van der Waals surface area contributed by atoms with E-state index in [9.17, 15) is 9.59 Å². The van der Waals surface area contributed by atoms with E-state index in [4.69, 9.17) is 14.2 Å². The Labute approximate surface area is 325 Å². The van der Waals surface area contributed by atoms with Crippen LogP contribution in [0.25, 0.3) is 0 Å². The summed E-state index contributed by atoms with van der Waals surface area (Å²) in [7, 11) is 0. The van der Waals surface area contributed by atoms with Gasteiger partial charge in [-0.1, -0.05) is 213 Å². The highest BCUT2D eigenvalue weighted by atomic mass is 16.6. The molecule has 5 heteroatoms. The van der Waals surface area contributed by atoms with Crippen molar-refractivity contribution in [3.63, 3.8) is 0 Å². The maximum absolute atomic E-state index is 12.7. The van der Waals surface area contributed by atoms with Crippen molar-refractivity contribution < 1.29 is 23.8 Å². The summed E-state index contributed by atoms with van der Waals surface area (Å²) in [5, 5.41) is 0. The standard InChI is InChI=1S/C47H90O5/c1-4-7-10-13-16-19-22-23-24-25-27-28-31-34-37-40-46(48)51-44-45(43-50-42-39-36-33-30-21-18-15-12-9-6-3)52-47(49)41-38-35-32-29-26-20-17-14-11-8-5-2/h14,17,45H,4-13,15-16,18-44H2,1-3H3/b17-14-. The molecule has 0 aliphatic heterocycles. The highest BCUT2D eigenvalue weighted by molar-refractivity contribution is 5.70. The molecule has 52 heavy (non-hydrogen) atoms. The lowest BCUT2D eigenvalue weighted by atomic mass is 10.0. The van der Waals surface area contributed by atoms with Gasteiger partial charge in [0.1, 0.15) is 6.61 Å². The second-order valence-electron chi connectivity index (χ2n) is 15.7. The van der Waals surface area contributed by atoms with Gasteiger partial charge >= 0.3 is 11.9 Å². The first-order valence-corrected chi connectivity index (χ1v) is 23.2. The van der Waals surface area contributed by atoms with Crippen LogP contribution < -0.4 is 0 Å². The lowest BCUT2D eigenvalue weighted by molar-refractivity contribution is -0.163. The van der Waals surface area contributed by atoms with Crippen molar-refractivity contribution >= 4 is 11.9 Å². The minimum atomic E-state index is -0.528. The fourth-order valence-electron chi connectivity index (χ4n) is 6.79. The summed E-state index contributed by atoms with van der Waals surface area (Å²) in [5.41, 5.74) is 0. The van der Waals surface area contributed by atoms with Gasteiger partial charge in [-0.15, -0.1) is 0 Å². The molecule has 0 bridgehead atoms. The van der Waals surface area contributed by atoms with Gasteiger partial charge in [-0.3, -0.25) is 9.59 Å². The predicted octanol–water partition coefficient (Wildman–Crippen LogP) is 15.1. The van der Waals surface area contributed by atoms with E-state index < -0.39 is 6.10 Å². The largest absolute Gasteiger partial charge is 0.462 e. The molecule has 0 aliphatic carbocycles. The first-order valence-electron chi connectivity index (χ1n) is 23.2. The van der Waals surface area contributed by atoms with Crippen molar-refractivity contribution in [2.75, 3.05) is 19.8 Å². The van der Waals surface area contributed by atoms with E-state index in [2.05, 4.69) is 32.9 Å². The minimum Gasteiger partial charge on any atom is -0.462 e. The van der Waals surface area contributed by atoms with Crippen LogP contribution in [0.1, 0.15) is 252 Å². The number of rotatable bonds is 43. The Kier molecular flexibility index (Phi) is 42.9. The molecule has 0 aromatic heterocycles. The lowest BCUT2D eigenvalue weighted by Crippen LogP contribution is -2.30. The van der Waals surface area contributed by atoms with Crippen molar-refractivity contribution in [3.8, 4) is 0 Å². The first kappa shape index (κ1) is 50.6. The van der Waals surface area contributed by atoms with Gasteiger partial charge in [-0.2, -0.15) is 0 Å². The van der Waals surface area contributed by atoms with Gasteiger partial charge in [0.2, 0.25) is 0 Å². The molecule has 0 heterocycles. The molecule has 0 aliphatic rings. The van der Waals surface area contributed by atoms with Crippen LogP contribution in [0.2, 0.25) is 0 Å². The van der Waals surface area contributed by atoms with E-state index in [-0.39, 0.29) is 18.5 Å². The molecule has 0 saturated heterocycles. The van der Waals surface area contributed by atoms with Crippen LogP contribution >= 0.6 is 0 Å². The molecule has 0 N–H and O–H groups in total. The van der Waals surface area contributed by atoms with Gasteiger partial charge < -0.3 is 14.2 Å². The summed E-state index contributed by atoms with van der Waals surface area (Å²) in [6, 6.07) is 0. The Morgan fingerprint density at radius 2 is 0.769 bits per heavy atom. The smallest absolute Gasteiger partial charge is 0.306 e. The molecule has 0 aromatic carbocycles. The number of hydrogen-bond donors (Lipinski definition) is 0. The number of hydrogen-bond acceptors (Lipinski definition) is 5. The summed E-state index contributed by atoms with van der Waals surface area (Å²) >= 11 is 0. The zero-order valence-corrected chi connectivity index (χ0v) is 35.4. The molecule has 308 valence electrons. The molecule has 0 radical (unpaired) electrons.